The van der Waals surface area contributed by atoms with Gasteiger partial charge in [-0.3, -0.25) is 14.9 Å². The molecular formula is C25H31F3N4O6S. The zero-order valence-electron chi connectivity index (χ0n) is 21.3. The molecule has 0 fully saturated rings. The molecule has 0 unspecified atom stereocenters. The van der Waals surface area contributed by atoms with E-state index < -0.39 is 28.2 Å². The van der Waals surface area contributed by atoms with Gasteiger partial charge in [0.2, 0.25) is 15.9 Å². The predicted molar refractivity (Wildman–Crippen MR) is 138 cm³/mol. The van der Waals surface area contributed by atoms with E-state index in [9.17, 15) is 31.2 Å². The van der Waals surface area contributed by atoms with Gasteiger partial charge in [-0.1, -0.05) is 56.3 Å². The summed E-state index contributed by atoms with van der Waals surface area (Å²) in [5.41, 5.74) is 7.63. The first kappa shape index (κ1) is 33.2. The lowest BCUT2D eigenvalue weighted by molar-refractivity contribution is -0.192. The molecule has 0 saturated carbocycles. The number of halogens is 3. The van der Waals surface area contributed by atoms with Gasteiger partial charge in [0.15, 0.2) is 11.7 Å². The maximum absolute atomic E-state index is 13.0. The third-order valence-corrected chi connectivity index (χ3v) is 5.88. The maximum atomic E-state index is 13.0. The number of carbonyl (C=O) groups excluding carboxylic acids is 2. The molecule has 39 heavy (non-hydrogen) atoms. The largest absolute Gasteiger partial charge is 0.490 e. The van der Waals surface area contributed by atoms with E-state index in [4.69, 9.17) is 20.8 Å². The highest BCUT2D eigenvalue weighted by atomic mass is 32.2. The number of nitrogens with one attached hydrogen (secondary N) is 1. The lowest BCUT2D eigenvalue weighted by Crippen LogP contribution is -2.39. The average molecular weight is 573 g/mol. The number of hydrogen-bond acceptors (Lipinski definition) is 6. The van der Waals surface area contributed by atoms with Crippen LogP contribution in [0.15, 0.2) is 64.5 Å². The van der Waals surface area contributed by atoms with Crippen LogP contribution in [-0.2, 0) is 37.2 Å². The molecule has 0 radical (unpaired) electrons. The van der Waals surface area contributed by atoms with Crippen LogP contribution in [0.25, 0.3) is 0 Å². The van der Waals surface area contributed by atoms with Crippen LogP contribution in [0.5, 0.6) is 0 Å². The Bertz CT molecular complexity index is 1250. The molecule has 2 rings (SSSR count). The molecule has 0 aliphatic heterocycles. The number of hydrogen-bond donors (Lipinski definition) is 4. The lowest BCUT2D eigenvalue weighted by atomic mass is 9.98. The summed E-state index contributed by atoms with van der Waals surface area (Å²) >= 11 is 0. The van der Waals surface area contributed by atoms with Gasteiger partial charge in [-0.05, 0) is 35.6 Å². The van der Waals surface area contributed by atoms with E-state index in [-0.39, 0.29) is 34.9 Å². The molecule has 2 aromatic rings. The van der Waals surface area contributed by atoms with E-state index in [1.54, 1.807) is 12.1 Å². The summed E-state index contributed by atoms with van der Waals surface area (Å²) in [6.07, 6.45) is -3.83. The number of alkyl halides is 3. The molecule has 1 atom stereocenters. The van der Waals surface area contributed by atoms with Gasteiger partial charge in [-0.25, -0.2) is 23.3 Å². The van der Waals surface area contributed by atoms with Gasteiger partial charge in [0.1, 0.15) is 6.04 Å². The highest BCUT2D eigenvalue weighted by Gasteiger charge is 2.38. The van der Waals surface area contributed by atoms with Crippen molar-refractivity contribution < 1.29 is 41.1 Å². The zero-order chi connectivity index (χ0) is 29.8. The number of amides is 1. The van der Waals surface area contributed by atoms with Crippen molar-refractivity contribution in [1.82, 2.24) is 5.32 Å². The topological polar surface area (TPSA) is 182 Å². The van der Waals surface area contributed by atoms with Gasteiger partial charge < -0.3 is 10.8 Å². The Labute approximate surface area is 224 Å². The van der Waals surface area contributed by atoms with Crippen LogP contribution in [0, 0.1) is 5.92 Å². The quantitative estimate of drug-likeness (QED) is 0.249. The van der Waals surface area contributed by atoms with Crippen LogP contribution in [0.4, 0.5) is 13.2 Å². The number of aliphatic imine (C=N–C) groups is 1. The van der Waals surface area contributed by atoms with Gasteiger partial charge in [0.05, 0.1) is 4.90 Å². The number of nitrogens with zero attached hydrogens (tertiary/aromatic N) is 1. The van der Waals surface area contributed by atoms with Gasteiger partial charge in [0.25, 0.3) is 0 Å². The Morgan fingerprint density at radius 3 is 2.00 bits per heavy atom. The minimum atomic E-state index is -5.08. The second-order valence-corrected chi connectivity index (χ2v) is 10.4. The molecule has 0 spiro atoms. The molecular weight excluding hydrogens is 541 g/mol. The van der Waals surface area contributed by atoms with Crippen LogP contribution in [0.1, 0.15) is 37.8 Å². The SMILES string of the molecule is CC(C)CC(=O)NC(N)=N[C@H](Cc1ccccc1)C(=O)CCc1ccc(S(N)(=O)=O)cc1.O=C(O)C(F)(F)F. The second-order valence-electron chi connectivity index (χ2n) is 8.82. The van der Waals surface area contributed by atoms with E-state index >= 15 is 0 Å². The predicted octanol–water partition coefficient (Wildman–Crippen LogP) is 2.56. The highest BCUT2D eigenvalue weighted by Crippen LogP contribution is 2.14. The standard InChI is InChI=1S/C23H30N4O4S.C2HF3O2/c1-16(2)14-22(29)27-23(24)26-20(15-18-6-4-3-5-7-18)21(28)13-10-17-8-11-19(12-9-17)32(25,30)31;3-2(4,5)1(6)7/h3-9,11-12,16,20H,10,13-15H2,1-2H3,(H2,25,30,31)(H3,24,26,27,29);(H,6,7)/t20-;/m1./s1. The molecule has 214 valence electrons. The van der Waals surface area contributed by atoms with E-state index in [2.05, 4.69) is 10.3 Å². The molecule has 0 saturated heterocycles. The van der Waals surface area contributed by atoms with Gasteiger partial charge in [-0.15, -0.1) is 0 Å². The summed E-state index contributed by atoms with van der Waals surface area (Å²) in [6, 6.07) is 14.8. The monoisotopic (exact) mass is 572 g/mol. The average Bonchev–Trinajstić information content (AvgIpc) is 2.81. The number of rotatable bonds is 10. The molecule has 10 nitrogen and oxygen atoms in total. The van der Waals surface area contributed by atoms with Crippen molar-refractivity contribution >= 4 is 33.6 Å². The molecule has 6 N–H and O–H groups in total. The van der Waals surface area contributed by atoms with Crippen molar-refractivity contribution in [2.24, 2.45) is 21.8 Å². The molecule has 0 bridgehead atoms. The molecule has 2 aromatic carbocycles. The van der Waals surface area contributed by atoms with Crippen LogP contribution < -0.4 is 16.2 Å². The number of carboxylic acids is 1. The minimum Gasteiger partial charge on any atom is -0.475 e. The number of nitrogens with two attached hydrogens (primary N) is 2. The normalized spacial score (nSPS) is 12.7. The third-order valence-electron chi connectivity index (χ3n) is 4.95. The molecule has 1 amide bonds. The first-order valence-electron chi connectivity index (χ1n) is 11.6. The summed E-state index contributed by atoms with van der Waals surface area (Å²) in [6.45, 7) is 3.84. The number of carboxylic acid groups (broad SMARTS) is 1. The fourth-order valence-electron chi connectivity index (χ4n) is 3.11. The number of guanidine groups is 1. The first-order valence-corrected chi connectivity index (χ1v) is 13.1. The molecule has 0 aliphatic rings. The van der Waals surface area contributed by atoms with Crippen molar-refractivity contribution in [3.8, 4) is 0 Å². The number of carbonyl (C=O) groups is 3. The molecule has 0 aliphatic carbocycles. The number of Topliss-reactive ketones (excluding diaryl/α,β-unsaturated/α-hetero) is 1. The van der Waals surface area contributed by atoms with E-state index in [1.807, 2.05) is 44.2 Å². The number of aliphatic carboxylic acids is 1. The number of ketones is 1. The van der Waals surface area contributed by atoms with E-state index in [0.717, 1.165) is 11.1 Å². The van der Waals surface area contributed by atoms with Gasteiger partial charge in [0, 0.05) is 19.3 Å². The number of benzene rings is 2. The number of aryl methyl sites for hydroxylation is 1. The third kappa shape index (κ3) is 13.5. The fraction of sp³-hybridized carbons (Fsp3) is 0.360. The Kier molecular flexibility index (Phi) is 12.8. The summed E-state index contributed by atoms with van der Waals surface area (Å²) < 4.78 is 54.5. The molecule has 14 heteroatoms. The lowest BCUT2D eigenvalue weighted by Gasteiger charge is -2.14. The summed E-state index contributed by atoms with van der Waals surface area (Å²) in [4.78, 5) is 38.1. The van der Waals surface area contributed by atoms with E-state index in [0.29, 0.717) is 19.3 Å². The summed E-state index contributed by atoms with van der Waals surface area (Å²) in [7, 11) is -3.76. The van der Waals surface area contributed by atoms with Crippen LogP contribution in [0.2, 0.25) is 0 Å². The smallest absolute Gasteiger partial charge is 0.475 e. The van der Waals surface area contributed by atoms with Crippen LogP contribution in [0.3, 0.4) is 0 Å². The van der Waals surface area contributed by atoms with Gasteiger partial charge in [-0.2, -0.15) is 13.2 Å². The summed E-state index contributed by atoms with van der Waals surface area (Å²) in [5.74, 6) is -3.05. The van der Waals surface area contributed by atoms with Gasteiger partial charge >= 0.3 is 12.1 Å². The van der Waals surface area contributed by atoms with Crippen LogP contribution in [-0.4, -0.2) is 49.4 Å². The summed E-state index contributed by atoms with van der Waals surface area (Å²) in [5, 5.41) is 14.8. The fourth-order valence-corrected chi connectivity index (χ4v) is 3.63. The Balaban J connectivity index is 0.000000956. The Hall–Kier alpha value is -3.78. The molecule has 0 heterocycles. The maximum Gasteiger partial charge on any atom is 0.490 e. The van der Waals surface area contributed by atoms with Crippen molar-refractivity contribution in [2.45, 2.75) is 56.6 Å². The zero-order valence-corrected chi connectivity index (χ0v) is 22.1. The Morgan fingerprint density at radius 1 is 1.00 bits per heavy atom. The molecule has 0 aromatic heterocycles. The number of primary sulfonamides is 1. The van der Waals surface area contributed by atoms with Crippen LogP contribution >= 0.6 is 0 Å². The minimum absolute atomic E-state index is 0.0176. The van der Waals surface area contributed by atoms with Crippen molar-refractivity contribution in [1.29, 1.82) is 0 Å². The second kappa shape index (κ2) is 15.0. The Morgan fingerprint density at radius 2 is 1.54 bits per heavy atom. The first-order chi connectivity index (χ1) is 18.0. The highest BCUT2D eigenvalue weighted by molar-refractivity contribution is 7.89. The van der Waals surface area contributed by atoms with Crippen molar-refractivity contribution in [2.75, 3.05) is 0 Å². The van der Waals surface area contributed by atoms with Crippen molar-refractivity contribution in [3.63, 3.8) is 0 Å². The van der Waals surface area contributed by atoms with E-state index in [1.165, 1.54) is 12.1 Å². The van der Waals surface area contributed by atoms with Crippen molar-refractivity contribution in [3.05, 3.63) is 65.7 Å². The number of sulfonamides is 1.